The molecular weight excluding hydrogens is 144 g/mol. The molecule has 0 aliphatic heterocycles. The van der Waals surface area contributed by atoms with Crippen LogP contribution in [-0.4, -0.2) is 0 Å². The summed E-state index contributed by atoms with van der Waals surface area (Å²) in [5.41, 5.74) is 2.71. The minimum Gasteiger partial charge on any atom is -0.0991 e. The molecule has 0 aromatic rings. The topological polar surface area (TPSA) is 0 Å². The van der Waals surface area contributed by atoms with Crippen LogP contribution in [0.3, 0.4) is 0 Å². The molecule has 1 unspecified atom stereocenters. The highest BCUT2D eigenvalue weighted by Gasteiger charge is 2.09. The molecule has 1 atom stereocenters. The third kappa shape index (κ3) is 1.97. The van der Waals surface area contributed by atoms with Gasteiger partial charge in [0.2, 0.25) is 0 Å². The first-order chi connectivity index (χ1) is 5.77. The van der Waals surface area contributed by atoms with Gasteiger partial charge in [0.05, 0.1) is 0 Å². The highest BCUT2D eigenvalue weighted by molar-refractivity contribution is 5.39. The molecule has 0 amide bonds. The second kappa shape index (κ2) is 4.10. The molecule has 64 valence electrons. The minimum atomic E-state index is 0.590. The Kier molecular flexibility index (Phi) is 3.09. The Morgan fingerprint density at radius 3 is 2.92 bits per heavy atom. The Morgan fingerprint density at radius 2 is 2.33 bits per heavy atom. The van der Waals surface area contributed by atoms with E-state index in [1.54, 1.807) is 0 Å². The van der Waals surface area contributed by atoms with E-state index in [2.05, 4.69) is 44.7 Å². The first-order valence-corrected chi connectivity index (χ1v) is 4.47. The molecule has 0 bridgehead atoms. The van der Waals surface area contributed by atoms with E-state index in [1.807, 2.05) is 6.08 Å². The van der Waals surface area contributed by atoms with Crippen LogP contribution in [0, 0.1) is 5.92 Å². The lowest BCUT2D eigenvalue weighted by molar-refractivity contribution is 0.736. The van der Waals surface area contributed by atoms with E-state index in [0.717, 1.165) is 0 Å². The van der Waals surface area contributed by atoms with Gasteiger partial charge in [0, 0.05) is 5.92 Å². The Balaban J connectivity index is 2.89. The fraction of sp³-hybridized carbons (Fsp3) is 0.333. The molecule has 0 aromatic heterocycles. The van der Waals surface area contributed by atoms with Crippen molar-refractivity contribution in [3.63, 3.8) is 0 Å². The van der Waals surface area contributed by atoms with E-state index in [1.165, 1.54) is 17.6 Å². The van der Waals surface area contributed by atoms with Gasteiger partial charge in [0.25, 0.3) is 0 Å². The molecule has 0 N–H and O–H groups in total. The van der Waals surface area contributed by atoms with E-state index >= 15 is 0 Å². The van der Waals surface area contributed by atoms with Crippen molar-refractivity contribution in [2.45, 2.75) is 20.3 Å². The van der Waals surface area contributed by atoms with Gasteiger partial charge in [-0.05, 0) is 18.9 Å². The molecule has 0 saturated heterocycles. The molecule has 0 fully saturated rings. The van der Waals surface area contributed by atoms with Crippen molar-refractivity contribution in [3.8, 4) is 0 Å². The normalized spacial score (nSPS) is 25.7. The zero-order chi connectivity index (χ0) is 8.97. The van der Waals surface area contributed by atoms with Crippen molar-refractivity contribution in [2.75, 3.05) is 0 Å². The number of hydrogen-bond donors (Lipinski definition) is 0. The van der Waals surface area contributed by atoms with Gasteiger partial charge in [-0.15, -0.1) is 0 Å². The lowest BCUT2D eigenvalue weighted by Crippen LogP contribution is -2.01. The number of rotatable bonds is 2. The predicted octanol–water partition coefficient (Wildman–Crippen LogP) is 3.64. The van der Waals surface area contributed by atoms with Gasteiger partial charge in [-0.2, -0.15) is 0 Å². The van der Waals surface area contributed by atoms with Crippen LogP contribution in [0.4, 0.5) is 0 Å². The Labute approximate surface area is 75.0 Å². The lowest BCUT2D eigenvalue weighted by atomic mass is 9.89. The molecular formula is C12H16. The zero-order valence-electron chi connectivity index (χ0n) is 7.88. The van der Waals surface area contributed by atoms with Crippen molar-refractivity contribution < 1.29 is 0 Å². The standard InChI is InChI=1S/C12H16/c1-4-6-12-9-10(3)7-8-11(12)5-2/h4,6-9,11H,1,5H2,2-3H3/b12-6-. The average Bonchev–Trinajstić information content (AvgIpc) is 2.05. The molecule has 0 aromatic carbocycles. The van der Waals surface area contributed by atoms with Gasteiger partial charge in [-0.25, -0.2) is 0 Å². The highest BCUT2D eigenvalue weighted by atomic mass is 14.1. The van der Waals surface area contributed by atoms with Gasteiger partial charge in [0.1, 0.15) is 0 Å². The quantitative estimate of drug-likeness (QED) is 0.578. The smallest absolute Gasteiger partial charge is 0.00186 e. The van der Waals surface area contributed by atoms with Crippen molar-refractivity contribution in [1.82, 2.24) is 0 Å². The van der Waals surface area contributed by atoms with Crippen LogP contribution in [0.15, 0.2) is 48.1 Å². The Hall–Kier alpha value is -1.04. The van der Waals surface area contributed by atoms with Gasteiger partial charge in [0.15, 0.2) is 0 Å². The number of hydrogen-bond acceptors (Lipinski definition) is 0. The number of allylic oxidation sites excluding steroid dienone is 7. The summed E-state index contributed by atoms with van der Waals surface area (Å²) in [4.78, 5) is 0. The van der Waals surface area contributed by atoms with E-state index in [9.17, 15) is 0 Å². The van der Waals surface area contributed by atoms with Crippen molar-refractivity contribution in [1.29, 1.82) is 0 Å². The lowest BCUT2D eigenvalue weighted by Gasteiger charge is -2.16. The van der Waals surface area contributed by atoms with Gasteiger partial charge in [-0.3, -0.25) is 0 Å². The maximum absolute atomic E-state index is 3.72. The van der Waals surface area contributed by atoms with Crippen LogP contribution in [0.25, 0.3) is 0 Å². The average molecular weight is 160 g/mol. The summed E-state index contributed by atoms with van der Waals surface area (Å²) in [6.07, 6.45) is 11.8. The van der Waals surface area contributed by atoms with E-state index < -0.39 is 0 Å². The van der Waals surface area contributed by atoms with Gasteiger partial charge < -0.3 is 0 Å². The third-order valence-corrected chi connectivity index (χ3v) is 2.16. The van der Waals surface area contributed by atoms with Crippen LogP contribution in [-0.2, 0) is 0 Å². The van der Waals surface area contributed by atoms with Gasteiger partial charge >= 0.3 is 0 Å². The minimum absolute atomic E-state index is 0.590. The largest absolute Gasteiger partial charge is 0.0991 e. The van der Waals surface area contributed by atoms with Gasteiger partial charge in [-0.1, -0.05) is 49.5 Å². The summed E-state index contributed by atoms with van der Waals surface area (Å²) < 4.78 is 0. The molecule has 12 heavy (non-hydrogen) atoms. The second-order valence-electron chi connectivity index (χ2n) is 3.16. The molecule has 0 spiro atoms. The second-order valence-corrected chi connectivity index (χ2v) is 3.16. The van der Waals surface area contributed by atoms with Crippen LogP contribution in [0.1, 0.15) is 20.3 Å². The van der Waals surface area contributed by atoms with Crippen LogP contribution in [0.2, 0.25) is 0 Å². The molecule has 0 nitrogen and oxygen atoms in total. The molecule has 1 rings (SSSR count). The van der Waals surface area contributed by atoms with E-state index in [-0.39, 0.29) is 0 Å². The fourth-order valence-corrected chi connectivity index (χ4v) is 1.48. The zero-order valence-corrected chi connectivity index (χ0v) is 7.88. The third-order valence-electron chi connectivity index (χ3n) is 2.16. The van der Waals surface area contributed by atoms with E-state index in [0.29, 0.717) is 5.92 Å². The summed E-state index contributed by atoms with van der Waals surface area (Å²) in [6.45, 7) is 8.05. The summed E-state index contributed by atoms with van der Waals surface area (Å²) in [5.74, 6) is 0.590. The molecule has 0 heterocycles. The predicted molar refractivity (Wildman–Crippen MR) is 55.0 cm³/mol. The maximum atomic E-state index is 3.72. The van der Waals surface area contributed by atoms with Crippen LogP contribution >= 0.6 is 0 Å². The van der Waals surface area contributed by atoms with Crippen LogP contribution in [0.5, 0.6) is 0 Å². The first kappa shape index (κ1) is 9.05. The van der Waals surface area contributed by atoms with E-state index in [4.69, 9.17) is 0 Å². The molecule has 1 aliphatic carbocycles. The summed E-state index contributed by atoms with van der Waals surface area (Å²) >= 11 is 0. The Morgan fingerprint density at radius 1 is 1.58 bits per heavy atom. The molecule has 0 radical (unpaired) electrons. The first-order valence-electron chi connectivity index (χ1n) is 4.47. The van der Waals surface area contributed by atoms with Crippen LogP contribution < -0.4 is 0 Å². The van der Waals surface area contributed by atoms with Crippen molar-refractivity contribution >= 4 is 0 Å². The van der Waals surface area contributed by atoms with Crippen molar-refractivity contribution in [2.24, 2.45) is 5.92 Å². The molecule has 0 heteroatoms. The highest BCUT2D eigenvalue weighted by Crippen LogP contribution is 2.24. The molecule has 0 saturated carbocycles. The summed E-state index contributed by atoms with van der Waals surface area (Å²) in [5, 5.41) is 0. The molecule has 1 aliphatic rings. The summed E-state index contributed by atoms with van der Waals surface area (Å²) in [7, 11) is 0. The monoisotopic (exact) mass is 160 g/mol. The SMILES string of the molecule is C=C/C=C1/C=C(C)C=CC1CC. The van der Waals surface area contributed by atoms with Crippen molar-refractivity contribution in [3.05, 3.63) is 48.1 Å². The summed E-state index contributed by atoms with van der Waals surface area (Å²) in [6, 6.07) is 0. The maximum Gasteiger partial charge on any atom is 0.00186 e. The Bertz CT molecular complexity index is 251. The fourth-order valence-electron chi connectivity index (χ4n) is 1.48.